The first-order valence-electron chi connectivity index (χ1n) is 9.42. The Labute approximate surface area is 154 Å². The van der Waals surface area contributed by atoms with Gasteiger partial charge in [-0.25, -0.2) is 4.98 Å². The minimum absolute atomic E-state index is 0.00647. The van der Waals surface area contributed by atoms with Crippen LogP contribution >= 0.6 is 0 Å². The van der Waals surface area contributed by atoms with Gasteiger partial charge in [0.2, 0.25) is 5.91 Å². The Morgan fingerprint density at radius 1 is 1.31 bits per heavy atom. The zero-order chi connectivity index (χ0) is 18.3. The lowest BCUT2D eigenvalue weighted by Crippen LogP contribution is -2.29. The number of para-hydroxylation sites is 1. The van der Waals surface area contributed by atoms with Crippen LogP contribution in [0.4, 0.5) is 5.69 Å². The van der Waals surface area contributed by atoms with Crippen LogP contribution in [0, 0.1) is 19.8 Å². The minimum Gasteiger partial charge on any atom is -0.325 e. The number of hydrogen-bond donors (Lipinski definition) is 1. The average Bonchev–Trinajstić information content (AvgIpc) is 2.99. The molecule has 1 unspecified atom stereocenters. The van der Waals surface area contributed by atoms with E-state index in [4.69, 9.17) is 4.98 Å². The Bertz CT molecular complexity index is 986. The number of aromatic nitrogens is 2. The lowest BCUT2D eigenvalue weighted by atomic mass is 9.88. The number of aryl methyl sites for hydroxylation is 4. The van der Waals surface area contributed by atoms with E-state index in [1.54, 1.807) is 0 Å². The lowest BCUT2D eigenvalue weighted by Gasteiger charge is -2.22. The van der Waals surface area contributed by atoms with Crippen molar-refractivity contribution in [3.63, 3.8) is 0 Å². The van der Waals surface area contributed by atoms with Crippen molar-refractivity contribution in [2.75, 3.05) is 5.32 Å². The number of amides is 1. The van der Waals surface area contributed by atoms with Gasteiger partial charge in [-0.1, -0.05) is 25.1 Å². The first kappa shape index (κ1) is 16.8. The normalized spacial score (nSPS) is 16.5. The van der Waals surface area contributed by atoms with Crippen molar-refractivity contribution in [1.29, 1.82) is 0 Å². The van der Waals surface area contributed by atoms with Crippen molar-refractivity contribution in [2.45, 2.75) is 46.5 Å². The number of hydrogen-bond acceptors (Lipinski definition) is 2. The van der Waals surface area contributed by atoms with E-state index in [0.717, 1.165) is 48.3 Å². The predicted octanol–water partition coefficient (Wildman–Crippen LogP) is 4.26. The van der Waals surface area contributed by atoms with Gasteiger partial charge in [0.1, 0.15) is 5.65 Å². The van der Waals surface area contributed by atoms with Gasteiger partial charge in [0.05, 0.1) is 5.69 Å². The third kappa shape index (κ3) is 2.90. The fourth-order valence-electron chi connectivity index (χ4n) is 3.96. The zero-order valence-corrected chi connectivity index (χ0v) is 15.7. The Morgan fingerprint density at radius 2 is 2.15 bits per heavy atom. The van der Waals surface area contributed by atoms with E-state index in [2.05, 4.69) is 67.0 Å². The van der Waals surface area contributed by atoms with Gasteiger partial charge in [-0.15, -0.1) is 0 Å². The number of benzene rings is 1. The first-order chi connectivity index (χ1) is 12.6. The minimum atomic E-state index is -0.00647. The molecule has 0 saturated carbocycles. The molecule has 0 aliphatic heterocycles. The van der Waals surface area contributed by atoms with Crippen LogP contribution in [-0.4, -0.2) is 15.3 Å². The molecule has 0 radical (unpaired) electrons. The molecule has 0 saturated heterocycles. The van der Waals surface area contributed by atoms with E-state index in [-0.39, 0.29) is 11.8 Å². The third-order valence-corrected chi connectivity index (χ3v) is 5.49. The topological polar surface area (TPSA) is 46.4 Å². The van der Waals surface area contributed by atoms with Crippen molar-refractivity contribution in [3.8, 4) is 0 Å². The molecule has 4 nitrogen and oxygen atoms in total. The number of carbonyl (C=O) groups excluding carboxylic acids is 1. The molecule has 134 valence electrons. The van der Waals surface area contributed by atoms with Gasteiger partial charge in [-0.3, -0.25) is 4.79 Å². The molecule has 26 heavy (non-hydrogen) atoms. The fraction of sp³-hybridized carbons (Fsp3) is 0.364. The Hall–Kier alpha value is -2.62. The van der Waals surface area contributed by atoms with Crippen molar-refractivity contribution >= 4 is 17.2 Å². The highest BCUT2D eigenvalue weighted by atomic mass is 16.1. The van der Waals surface area contributed by atoms with Gasteiger partial charge >= 0.3 is 0 Å². The van der Waals surface area contributed by atoms with Crippen LogP contribution in [0.25, 0.3) is 5.65 Å². The predicted molar refractivity (Wildman–Crippen MR) is 105 cm³/mol. The van der Waals surface area contributed by atoms with Crippen molar-refractivity contribution in [1.82, 2.24) is 9.38 Å². The quantitative estimate of drug-likeness (QED) is 0.769. The van der Waals surface area contributed by atoms with Crippen LogP contribution in [0.2, 0.25) is 0 Å². The number of nitrogens with zero attached hydrogens (tertiary/aromatic N) is 2. The third-order valence-electron chi connectivity index (χ3n) is 5.49. The maximum atomic E-state index is 13.0. The van der Waals surface area contributed by atoms with Crippen LogP contribution in [0.3, 0.4) is 0 Å². The molecule has 0 bridgehead atoms. The number of imidazole rings is 1. The van der Waals surface area contributed by atoms with E-state index in [1.165, 1.54) is 16.8 Å². The molecule has 1 N–H and O–H groups in total. The highest BCUT2D eigenvalue weighted by molar-refractivity contribution is 5.94. The molecule has 1 aromatic carbocycles. The molecule has 3 aromatic rings. The van der Waals surface area contributed by atoms with Crippen molar-refractivity contribution in [2.24, 2.45) is 5.92 Å². The van der Waals surface area contributed by atoms with Crippen molar-refractivity contribution < 1.29 is 4.79 Å². The SMILES string of the molecule is CCc1cccc(C)c1NC(=O)C1CCc2nc3cc(C)ccn3c2C1. The maximum Gasteiger partial charge on any atom is 0.227 e. The molecule has 0 fully saturated rings. The standard InChI is InChI=1S/C22H25N3O/c1-4-16-7-5-6-15(3)21(16)24-22(26)17-8-9-18-19(13-17)25-11-10-14(2)12-20(25)23-18/h5-7,10-12,17H,4,8-9,13H2,1-3H3,(H,24,26). The summed E-state index contributed by atoms with van der Waals surface area (Å²) in [7, 11) is 0. The van der Waals surface area contributed by atoms with Gasteiger partial charge in [0, 0.05) is 29.9 Å². The number of nitrogens with one attached hydrogen (secondary N) is 1. The molecule has 2 heterocycles. The van der Waals surface area contributed by atoms with Crippen LogP contribution in [-0.2, 0) is 24.1 Å². The molecule has 1 aliphatic rings. The highest BCUT2D eigenvalue weighted by Crippen LogP contribution is 2.29. The second kappa shape index (κ2) is 6.60. The molecular weight excluding hydrogens is 322 g/mol. The van der Waals surface area contributed by atoms with E-state index in [9.17, 15) is 4.79 Å². The Kier molecular flexibility index (Phi) is 4.27. The second-order valence-corrected chi connectivity index (χ2v) is 7.33. The van der Waals surface area contributed by atoms with Gasteiger partial charge in [0.15, 0.2) is 0 Å². The first-order valence-corrected chi connectivity index (χ1v) is 9.42. The van der Waals surface area contributed by atoms with Crippen molar-refractivity contribution in [3.05, 3.63) is 64.6 Å². The Morgan fingerprint density at radius 3 is 2.96 bits per heavy atom. The number of carbonyl (C=O) groups is 1. The molecule has 4 heteroatoms. The number of rotatable bonds is 3. The highest BCUT2D eigenvalue weighted by Gasteiger charge is 2.28. The second-order valence-electron chi connectivity index (χ2n) is 7.33. The average molecular weight is 347 g/mol. The molecule has 1 amide bonds. The summed E-state index contributed by atoms with van der Waals surface area (Å²) in [6, 6.07) is 10.4. The molecular formula is C22H25N3O. The van der Waals surface area contributed by atoms with Crippen LogP contribution < -0.4 is 5.32 Å². The van der Waals surface area contributed by atoms with Crippen LogP contribution in [0.5, 0.6) is 0 Å². The molecule has 0 spiro atoms. The monoisotopic (exact) mass is 347 g/mol. The van der Waals surface area contributed by atoms with E-state index < -0.39 is 0 Å². The number of pyridine rings is 1. The summed E-state index contributed by atoms with van der Waals surface area (Å²) in [4.78, 5) is 17.7. The maximum absolute atomic E-state index is 13.0. The zero-order valence-electron chi connectivity index (χ0n) is 15.7. The largest absolute Gasteiger partial charge is 0.325 e. The summed E-state index contributed by atoms with van der Waals surface area (Å²) in [5.41, 5.74) is 7.83. The van der Waals surface area contributed by atoms with Gasteiger partial charge in [0.25, 0.3) is 0 Å². The summed E-state index contributed by atoms with van der Waals surface area (Å²) in [6.07, 6.45) is 5.46. The molecule has 4 rings (SSSR count). The summed E-state index contributed by atoms with van der Waals surface area (Å²) in [6.45, 7) is 6.26. The molecule has 2 aromatic heterocycles. The Balaban J connectivity index is 1.59. The van der Waals surface area contributed by atoms with Gasteiger partial charge in [-0.05, 0) is 61.9 Å². The lowest BCUT2D eigenvalue weighted by molar-refractivity contribution is -0.120. The number of anilines is 1. The van der Waals surface area contributed by atoms with Gasteiger partial charge < -0.3 is 9.72 Å². The van der Waals surface area contributed by atoms with Gasteiger partial charge in [-0.2, -0.15) is 0 Å². The summed E-state index contributed by atoms with van der Waals surface area (Å²) in [5.74, 6) is 0.120. The molecule has 1 atom stereocenters. The number of fused-ring (bicyclic) bond motifs is 3. The summed E-state index contributed by atoms with van der Waals surface area (Å²) >= 11 is 0. The smallest absolute Gasteiger partial charge is 0.227 e. The fourth-order valence-corrected chi connectivity index (χ4v) is 3.96. The summed E-state index contributed by atoms with van der Waals surface area (Å²) < 4.78 is 2.15. The van der Waals surface area contributed by atoms with Crippen LogP contribution in [0.15, 0.2) is 36.5 Å². The molecule has 1 aliphatic carbocycles. The van der Waals surface area contributed by atoms with E-state index in [0.29, 0.717) is 0 Å². The van der Waals surface area contributed by atoms with Crippen LogP contribution in [0.1, 0.15) is 41.4 Å². The summed E-state index contributed by atoms with van der Waals surface area (Å²) in [5, 5.41) is 3.21. The van der Waals surface area contributed by atoms with E-state index in [1.807, 2.05) is 0 Å². The van der Waals surface area contributed by atoms with E-state index >= 15 is 0 Å².